The molecule has 4 nitrogen and oxygen atoms in total. The maximum atomic E-state index is 12.6. The summed E-state index contributed by atoms with van der Waals surface area (Å²) in [4.78, 5) is 12.6. The van der Waals surface area contributed by atoms with Gasteiger partial charge < -0.3 is 10.2 Å². The summed E-state index contributed by atoms with van der Waals surface area (Å²) in [5.41, 5.74) is 8.84. The van der Waals surface area contributed by atoms with Gasteiger partial charge in [0.1, 0.15) is 5.76 Å². The number of aryl methyl sites for hydroxylation is 2. The topological polar surface area (TPSA) is 61.2 Å². The molecule has 0 spiro atoms. The molecule has 0 aliphatic heterocycles. The van der Waals surface area contributed by atoms with Crippen LogP contribution in [0.1, 0.15) is 21.7 Å². The average Bonchev–Trinajstić information content (AvgIpc) is 2.94. The van der Waals surface area contributed by atoms with Crippen molar-refractivity contribution < 1.29 is 9.21 Å². The molecule has 1 aromatic carbocycles. The Hall–Kier alpha value is -2.49. The van der Waals surface area contributed by atoms with Crippen molar-refractivity contribution in [3.63, 3.8) is 0 Å². The maximum Gasteiger partial charge on any atom is 0.266 e. The summed E-state index contributed by atoms with van der Waals surface area (Å²) in [6, 6.07) is 7.41. The molecule has 0 radical (unpaired) electrons. The van der Waals surface area contributed by atoms with Crippen LogP contribution in [0.4, 0.5) is 5.69 Å². The van der Waals surface area contributed by atoms with Crippen LogP contribution in [0.2, 0.25) is 0 Å². The van der Waals surface area contributed by atoms with E-state index in [0.717, 1.165) is 16.5 Å². The number of anilines is 1. The van der Waals surface area contributed by atoms with Crippen LogP contribution in [0, 0.1) is 13.8 Å². The first-order valence-corrected chi connectivity index (χ1v) is 6.04. The summed E-state index contributed by atoms with van der Waals surface area (Å²) in [6.07, 6.45) is 3.35. The van der Waals surface area contributed by atoms with Crippen molar-refractivity contribution in [3.8, 4) is 0 Å². The summed E-state index contributed by atoms with van der Waals surface area (Å²) in [7, 11) is 0. The predicted octanol–water partition coefficient (Wildman–Crippen LogP) is 3.12. The lowest BCUT2D eigenvalue weighted by Crippen LogP contribution is -2.12. The summed E-state index contributed by atoms with van der Waals surface area (Å²) < 4.78 is 6.90. The number of nitrogens with zero attached hydrogens (tertiary/aromatic N) is 1. The zero-order valence-electron chi connectivity index (χ0n) is 10.8. The predicted molar refractivity (Wildman–Crippen MR) is 74.3 cm³/mol. The van der Waals surface area contributed by atoms with Gasteiger partial charge in [-0.1, -0.05) is 6.07 Å². The molecule has 0 bridgehead atoms. The number of benzene rings is 1. The molecule has 0 fully saturated rings. The van der Waals surface area contributed by atoms with Gasteiger partial charge >= 0.3 is 0 Å². The molecule has 2 heterocycles. The Kier molecular flexibility index (Phi) is 2.45. The number of nitrogens with two attached hydrogens (primary N) is 1. The minimum atomic E-state index is -0.0932. The number of hydrogen-bond acceptors (Lipinski definition) is 3. The third-order valence-corrected chi connectivity index (χ3v) is 3.36. The molecule has 0 aliphatic carbocycles. The highest BCUT2D eigenvalue weighted by Gasteiger charge is 2.19. The molecule has 0 saturated carbocycles. The zero-order chi connectivity index (χ0) is 13.6. The first-order valence-electron chi connectivity index (χ1n) is 6.04. The first kappa shape index (κ1) is 11.6. The minimum absolute atomic E-state index is 0.0932. The third kappa shape index (κ3) is 1.64. The number of carbonyl (C=O) groups is 1. The Balaban J connectivity index is 2.21. The summed E-state index contributed by atoms with van der Waals surface area (Å²) >= 11 is 0. The number of nitrogen functional groups attached to an aromatic ring is 1. The summed E-state index contributed by atoms with van der Waals surface area (Å²) in [6.45, 7) is 3.66. The molecule has 19 heavy (non-hydrogen) atoms. The molecule has 0 aliphatic rings. The normalized spacial score (nSPS) is 11.1. The SMILES string of the molecule is Cc1coc(C)c1C(=O)n1ccc2c(N)cccc21. The first-order chi connectivity index (χ1) is 9.09. The van der Waals surface area contributed by atoms with E-state index in [9.17, 15) is 4.79 Å². The minimum Gasteiger partial charge on any atom is -0.469 e. The Morgan fingerprint density at radius 1 is 1.26 bits per heavy atom. The number of carbonyl (C=O) groups excluding carboxylic acids is 1. The van der Waals surface area contributed by atoms with Crippen LogP contribution in [-0.2, 0) is 0 Å². The molecule has 0 saturated heterocycles. The van der Waals surface area contributed by atoms with Gasteiger partial charge in [0.2, 0.25) is 0 Å². The van der Waals surface area contributed by atoms with E-state index in [1.54, 1.807) is 24.0 Å². The second kappa shape index (κ2) is 4.02. The second-order valence-corrected chi connectivity index (χ2v) is 4.62. The van der Waals surface area contributed by atoms with E-state index in [1.165, 1.54) is 0 Å². The van der Waals surface area contributed by atoms with Gasteiger partial charge in [-0.25, -0.2) is 0 Å². The van der Waals surface area contributed by atoms with Gasteiger partial charge in [0.25, 0.3) is 5.91 Å². The van der Waals surface area contributed by atoms with Crippen LogP contribution in [0.25, 0.3) is 10.9 Å². The number of hydrogen-bond donors (Lipinski definition) is 1. The molecule has 2 aromatic heterocycles. The van der Waals surface area contributed by atoms with Crippen molar-refractivity contribution in [1.29, 1.82) is 0 Å². The lowest BCUT2D eigenvalue weighted by molar-refractivity contribution is 0.0963. The van der Waals surface area contributed by atoms with E-state index < -0.39 is 0 Å². The fourth-order valence-electron chi connectivity index (χ4n) is 2.38. The van der Waals surface area contributed by atoms with E-state index in [4.69, 9.17) is 10.2 Å². The van der Waals surface area contributed by atoms with Crippen molar-refractivity contribution in [2.45, 2.75) is 13.8 Å². The number of furan rings is 1. The number of fused-ring (bicyclic) bond motifs is 1. The van der Waals surface area contributed by atoms with Crippen LogP contribution in [0.3, 0.4) is 0 Å². The van der Waals surface area contributed by atoms with Crippen LogP contribution in [0.5, 0.6) is 0 Å². The van der Waals surface area contributed by atoms with E-state index in [-0.39, 0.29) is 5.91 Å². The van der Waals surface area contributed by atoms with Gasteiger partial charge in [0, 0.05) is 22.8 Å². The molecule has 3 aromatic rings. The Morgan fingerprint density at radius 3 is 2.74 bits per heavy atom. The number of aromatic nitrogens is 1. The molecule has 3 rings (SSSR count). The van der Waals surface area contributed by atoms with Crippen molar-refractivity contribution in [2.24, 2.45) is 0 Å². The standard InChI is InChI=1S/C15H14N2O2/c1-9-8-19-10(2)14(9)15(18)17-7-6-11-12(16)4-3-5-13(11)17/h3-8H,16H2,1-2H3. The molecule has 0 unspecified atom stereocenters. The smallest absolute Gasteiger partial charge is 0.266 e. The summed E-state index contributed by atoms with van der Waals surface area (Å²) in [5.74, 6) is 0.539. The Labute approximate surface area is 110 Å². The highest BCUT2D eigenvalue weighted by atomic mass is 16.3. The molecule has 4 heteroatoms. The monoisotopic (exact) mass is 254 g/mol. The van der Waals surface area contributed by atoms with E-state index in [0.29, 0.717) is 17.0 Å². The van der Waals surface area contributed by atoms with Crippen LogP contribution < -0.4 is 5.73 Å². The summed E-state index contributed by atoms with van der Waals surface area (Å²) in [5, 5.41) is 0.884. The lowest BCUT2D eigenvalue weighted by atomic mass is 10.1. The third-order valence-electron chi connectivity index (χ3n) is 3.36. The second-order valence-electron chi connectivity index (χ2n) is 4.62. The molecule has 0 amide bonds. The van der Waals surface area contributed by atoms with Crippen molar-refractivity contribution in [3.05, 3.63) is 53.6 Å². The number of rotatable bonds is 1. The highest BCUT2D eigenvalue weighted by molar-refractivity contribution is 6.05. The molecule has 96 valence electrons. The Bertz CT molecular complexity index is 761. The van der Waals surface area contributed by atoms with E-state index >= 15 is 0 Å². The molecular weight excluding hydrogens is 240 g/mol. The largest absolute Gasteiger partial charge is 0.469 e. The molecule has 0 atom stereocenters. The van der Waals surface area contributed by atoms with Crippen molar-refractivity contribution in [1.82, 2.24) is 4.57 Å². The zero-order valence-corrected chi connectivity index (χ0v) is 10.8. The fourth-order valence-corrected chi connectivity index (χ4v) is 2.38. The quantitative estimate of drug-likeness (QED) is 0.679. The maximum absolute atomic E-state index is 12.6. The highest BCUT2D eigenvalue weighted by Crippen LogP contribution is 2.24. The van der Waals surface area contributed by atoms with Crippen molar-refractivity contribution in [2.75, 3.05) is 5.73 Å². The molecular formula is C15H14N2O2. The molecule has 2 N–H and O–H groups in total. The van der Waals surface area contributed by atoms with Gasteiger partial charge in [0.15, 0.2) is 0 Å². The van der Waals surface area contributed by atoms with Crippen LogP contribution >= 0.6 is 0 Å². The van der Waals surface area contributed by atoms with Gasteiger partial charge in [-0.05, 0) is 32.0 Å². The van der Waals surface area contributed by atoms with Gasteiger partial charge in [-0.2, -0.15) is 0 Å². The van der Waals surface area contributed by atoms with Crippen LogP contribution in [-0.4, -0.2) is 10.5 Å². The lowest BCUT2D eigenvalue weighted by Gasteiger charge is -2.05. The fraction of sp³-hybridized carbons (Fsp3) is 0.133. The van der Waals surface area contributed by atoms with Gasteiger partial charge in [-0.3, -0.25) is 9.36 Å². The average molecular weight is 254 g/mol. The Morgan fingerprint density at radius 2 is 2.05 bits per heavy atom. The van der Waals surface area contributed by atoms with E-state index in [2.05, 4.69) is 0 Å². The van der Waals surface area contributed by atoms with Gasteiger partial charge in [0.05, 0.1) is 17.3 Å². The van der Waals surface area contributed by atoms with Crippen LogP contribution in [0.15, 0.2) is 41.1 Å². The van der Waals surface area contributed by atoms with E-state index in [1.807, 2.05) is 31.2 Å². The van der Waals surface area contributed by atoms with Gasteiger partial charge in [-0.15, -0.1) is 0 Å². The van der Waals surface area contributed by atoms with Crippen molar-refractivity contribution >= 4 is 22.5 Å².